The van der Waals surface area contributed by atoms with E-state index in [-0.39, 0.29) is 0 Å². The van der Waals surface area contributed by atoms with Gasteiger partial charge in [0.1, 0.15) is 0 Å². The van der Waals surface area contributed by atoms with E-state index in [1.807, 2.05) is 0 Å². The number of hydrogen-bond donors (Lipinski definition) is 0. The molecular weight excluding hydrogens is 480 g/mol. The number of fused-ring (bicyclic) bond motifs is 7. The summed E-state index contributed by atoms with van der Waals surface area (Å²) in [6, 6.07) is 54.1. The van der Waals surface area contributed by atoms with E-state index in [0.29, 0.717) is 0 Å². The van der Waals surface area contributed by atoms with Crippen LogP contribution in [0.5, 0.6) is 0 Å². The molecule has 0 atom stereocenters. The first-order chi connectivity index (χ1) is 19.7. The van der Waals surface area contributed by atoms with Gasteiger partial charge >= 0.3 is 0 Å². The summed E-state index contributed by atoms with van der Waals surface area (Å²) in [6.45, 7) is 0. The predicted molar refractivity (Wildman–Crippen MR) is 174 cm³/mol. The Bertz CT molecular complexity index is 2470. The third-order valence-electron chi connectivity index (χ3n) is 8.61. The Morgan fingerprint density at radius 3 is 1.05 bits per heavy atom. The van der Waals surface area contributed by atoms with Crippen molar-refractivity contribution in [3.63, 3.8) is 0 Å². The maximum absolute atomic E-state index is 2.37. The van der Waals surface area contributed by atoms with E-state index < -0.39 is 0 Å². The highest BCUT2D eigenvalue weighted by Gasteiger charge is 2.09. The van der Waals surface area contributed by atoms with E-state index in [1.54, 1.807) is 0 Å². The lowest BCUT2D eigenvalue weighted by Gasteiger charge is -2.11. The van der Waals surface area contributed by atoms with Gasteiger partial charge in [-0.05, 0) is 159 Å². The van der Waals surface area contributed by atoms with Gasteiger partial charge in [0.05, 0.1) is 0 Å². The largest absolute Gasteiger partial charge is 0.0622 e. The Hall–Kier alpha value is -5.20. The summed E-state index contributed by atoms with van der Waals surface area (Å²) in [5, 5.41) is 18.0. The number of rotatable bonds is 1. The summed E-state index contributed by atoms with van der Waals surface area (Å²) in [5.41, 5.74) is 2.54. The molecule has 40 heavy (non-hydrogen) atoms. The highest BCUT2D eigenvalue weighted by molar-refractivity contribution is 6.13. The van der Waals surface area contributed by atoms with Gasteiger partial charge in [-0.3, -0.25) is 0 Å². The molecule has 184 valence electrons. The average molecular weight is 505 g/mol. The standard InChI is InChI=1S/C40H24/c1-2-7-25(8-3-1)39-12-6-11-28-15-31-18-34-21-35-19-32-16-29-13-26-9-4-5-10-27(26)14-30(29)17-33(32)20-36(35)22-37(34)23-38(31)24-40(28)39/h1-24H. The van der Waals surface area contributed by atoms with Crippen molar-refractivity contribution >= 4 is 75.4 Å². The van der Waals surface area contributed by atoms with Gasteiger partial charge in [0.15, 0.2) is 0 Å². The van der Waals surface area contributed by atoms with Gasteiger partial charge in [-0.25, -0.2) is 0 Å². The topological polar surface area (TPSA) is 0 Å². The molecule has 0 amide bonds. The normalized spacial score (nSPS) is 12.0. The quantitative estimate of drug-likeness (QED) is 0.195. The van der Waals surface area contributed by atoms with Gasteiger partial charge in [-0.1, -0.05) is 72.8 Å². The summed E-state index contributed by atoms with van der Waals surface area (Å²) >= 11 is 0. The molecule has 0 spiro atoms. The van der Waals surface area contributed by atoms with Crippen LogP contribution in [0.1, 0.15) is 0 Å². The first-order valence-electron chi connectivity index (χ1n) is 13.9. The second kappa shape index (κ2) is 8.15. The van der Waals surface area contributed by atoms with Crippen molar-refractivity contribution in [3.8, 4) is 11.1 Å². The van der Waals surface area contributed by atoms with E-state index in [0.717, 1.165) is 0 Å². The lowest BCUT2D eigenvalue weighted by molar-refractivity contribution is 1.66. The molecule has 0 heteroatoms. The predicted octanol–water partition coefficient (Wildman–Crippen LogP) is 11.4. The molecular formula is C40H24. The van der Waals surface area contributed by atoms with Crippen LogP contribution in [0.25, 0.3) is 86.5 Å². The van der Waals surface area contributed by atoms with Crippen molar-refractivity contribution in [3.05, 3.63) is 146 Å². The zero-order valence-corrected chi connectivity index (χ0v) is 21.9. The summed E-state index contributed by atoms with van der Waals surface area (Å²) in [7, 11) is 0. The zero-order chi connectivity index (χ0) is 26.2. The maximum Gasteiger partial charge on any atom is -0.00990 e. The highest BCUT2D eigenvalue weighted by atomic mass is 14.1. The lowest BCUT2D eigenvalue weighted by Crippen LogP contribution is -1.84. The molecule has 0 aliphatic heterocycles. The minimum absolute atomic E-state index is 1.26. The molecule has 0 saturated heterocycles. The fourth-order valence-corrected chi connectivity index (χ4v) is 6.59. The third-order valence-corrected chi connectivity index (χ3v) is 8.61. The van der Waals surface area contributed by atoms with Crippen LogP contribution in [0.2, 0.25) is 0 Å². The van der Waals surface area contributed by atoms with E-state index in [9.17, 15) is 0 Å². The second-order valence-corrected chi connectivity index (χ2v) is 11.1. The Morgan fingerprint density at radius 2 is 0.575 bits per heavy atom. The Balaban J connectivity index is 1.26. The fourth-order valence-electron chi connectivity index (χ4n) is 6.59. The summed E-state index contributed by atoms with van der Waals surface area (Å²) < 4.78 is 0. The molecule has 0 fully saturated rings. The molecule has 9 rings (SSSR count). The minimum Gasteiger partial charge on any atom is -0.0622 e. The number of hydrogen-bond acceptors (Lipinski definition) is 0. The van der Waals surface area contributed by atoms with Crippen molar-refractivity contribution in [1.29, 1.82) is 0 Å². The molecule has 9 aromatic carbocycles. The van der Waals surface area contributed by atoms with Crippen molar-refractivity contribution in [2.75, 3.05) is 0 Å². The van der Waals surface area contributed by atoms with Gasteiger partial charge in [-0.15, -0.1) is 0 Å². The van der Waals surface area contributed by atoms with Gasteiger partial charge in [0, 0.05) is 0 Å². The van der Waals surface area contributed by atoms with Crippen LogP contribution in [0.15, 0.2) is 146 Å². The molecule has 0 aliphatic carbocycles. The smallest absolute Gasteiger partial charge is 0.00990 e. The zero-order valence-electron chi connectivity index (χ0n) is 21.9. The van der Waals surface area contributed by atoms with Crippen molar-refractivity contribution in [2.45, 2.75) is 0 Å². The molecule has 0 aliphatic rings. The van der Waals surface area contributed by atoms with Gasteiger partial charge < -0.3 is 0 Å². The average Bonchev–Trinajstić information content (AvgIpc) is 2.99. The Labute approximate surface area is 231 Å². The van der Waals surface area contributed by atoms with Crippen LogP contribution in [0.4, 0.5) is 0 Å². The van der Waals surface area contributed by atoms with Gasteiger partial charge in [0.2, 0.25) is 0 Å². The van der Waals surface area contributed by atoms with Gasteiger partial charge in [0.25, 0.3) is 0 Å². The second-order valence-electron chi connectivity index (χ2n) is 11.1. The molecule has 9 aromatic rings. The Morgan fingerprint density at radius 1 is 0.225 bits per heavy atom. The van der Waals surface area contributed by atoms with Crippen LogP contribution in [-0.4, -0.2) is 0 Å². The fraction of sp³-hybridized carbons (Fsp3) is 0. The SMILES string of the molecule is c1ccc(-c2cccc3cc4cc5cc6cc7cc8cc9ccccc9cc8cc7cc6cc5cc4cc23)cc1. The van der Waals surface area contributed by atoms with Crippen LogP contribution >= 0.6 is 0 Å². The molecule has 0 nitrogen and oxygen atoms in total. The Kier molecular flexibility index (Phi) is 4.42. The molecule has 0 aromatic heterocycles. The lowest BCUT2D eigenvalue weighted by atomic mass is 9.93. The summed E-state index contributed by atoms with van der Waals surface area (Å²) in [5.74, 6) is 0. The molecule has 0 bridgehead atoms. The molecule has 0 radical (unpaired) electrons. The van der Waals surface area contributed by atoms with Crippen LogP contribution in [-0.2, 0) is 0 Å². The van der Waals surface area contributed by atoms with Crippen LogP contribution in [0, 0.1) is 0 Å². The molecule has 0 N–H and O–H groups in total. The van der Waals surface area contributed by atoms with Crippen molar-refractivity contribution in [2.24, 2.45) is 0 Å². The summed E-state index contributed by atoms with van der Waals surface area (Å²) in [6.07, 6.45) is 0. The first kappa shape index (κ1) is 21.7. The molecule has 0 heterocycles. The third kappa shape index (κ3) is 3.33. The van der Waals surface area contributed by atoms with E-state index in [1.165, 1.54) is 86.5 Å². The van der Waals surface area contributed by atoms with E-state index in [4.69, 9.17) is 0 Å². The van der Waals surface area contributed by atoms with E-state index in [2.05, 4.69) is 146 Å². The molecule has 0 unspecified atom stereocenters. The first-order valence-corrected chi connectivity index (χ1v) is 13.9. The maximum atomic E-state index is 2.37. The van der Waals surface area contributed by atoms with Crippen molar-refractivity contribution < 1.29 is 0 Å². The van der Waals surface area contributed by atoms with Crippen LogP contribution in [0.3, 0.4) is 0 Å². The minimum atomic E-state index is 1.26. The monoisotopic (exact) mass is 504 g/mol. The van der Waals surface area contributed by atoms with Gasteiger partial charge in [-0.2, -0.15) is 0 Å². The molecule has 0 saturated carbocycles. The van der Waals surface area contributed by atoms with Crippen LogP contribution < -0.4 is 0 Å². The van der Waals surface area contributed by atoms with E-state index >= 15 is 0 Å². The summed E-state index contributed by atoms with van der Waals surface area (Å²) in [4.78, 5) is 0. The number of benzene rings is 9. The van der Waals surface area contributed by atoms with Crippen molar-refractivity contribution in [1.82, 2.24) is 0 Å². The highest BCUT2D eigenvalue weighted by Crippen LogP contribution is 2.36.